The zero-order valence-corrected chi connectivity index (χ0v) is 13.3. The molecule has 120 valence electrons. The van der Waals surface area contributed by atoms with E-state index in [1.54, 1.807) is 0 Å². The van der Waals surface area contributed by atoms with Crippen molar-refractivity contribution in [3.8, 4) is 0 Å². The van der Waals surface area contributed by atoms with Crippen LogP contribution < -0.4 is 0 Å². The number of aliphatic carboxylic acids is 1. The number of carboxylic acids is 1. The molecule has 0 aromatic heterocycles. The van der Waals surface area contributed by atoms with E-state index in [0.29, 0.717) is 18.9 Å². The molecule has 21 heavy (non-hydrogen) atoms. The van der Waals surface area contributed by atoms with E-state index in [2.05, 4.69) is 4.90 Å². The normalized spacial score (nSPS) is 23.7. The van der Waals surface area contributed by atoms with Crippen molar-refractivity contribution in [3.05, 3.63) is 0 Å². The molecule has 0 aliphatic carbocycles. The molecule has 1 amide bonds. The molecule has 2 aliphatic heterocycles. The van der Waals surface area contributed by atoms with Gasteiger partial charge in [0.25, 0.3) is 0 Å². The van der Waals surface area contributed by atoms with Crippen LogP contribution in [0.3, 0.4) is 0 Å². The third-order valence-electron chi connectivity index (χ3n) is 5.47. The number of likely N-dealkylation sites (tertiary alicyclic amines) is 2. The lowest BCUT2D eigenvalue weighted by Gasteiger charge is -2.29. The van der Waals surface area contributed by atoms with Gasteiger partial charge in [-0.15, -0.1) is 0 Å². The molecule has 5 heteroatoms. The summed E-state index contributed by atoms with van der Waals surface area (Å²) in [6.07, 6.45) is 4.71. The second kappa shape index (κ2) is 6.77. The summed E-state index contributed by atoms with van der Waals surface area (Å²) in [7, 11) is 0. The van der Waals surface area contributed by atoms with Gasteiger partial charge in [0.1, 0.15) is 0 Å². The lowest BCUT2D eigenvalue weighted by molar-refractivity contribution is -0.154. The molecule has 0 bridgehead atoms. The number of hydrogen-bond acceptors (Lipinski definition) is 3. The Balaban J connectivity index is 1.93. The fraction of sp³-hybridized carbons (Fsp3) is 0.875. The Bertz CT molecular complexity index is 387. The highest BCUT2D eigenvalue weighted by Gasteiger charge is 2.40. The first-order valence-electron chi connectivity index (χ1n) is 8.27. The molecule has 2 aliphatic rings. The summed E-state index contributed by atoms with van der Waals surface area (Å²) < 4.78 is 0. The van der Waals surface area contributed by atoms with Gasteiger partial charge in [0.15, 0.2) is 0 Å². The van der Waals surface area contributed by atoms with Crippen LogP contribution in [0.2, 0.25) is 0 Å². The third kappa shape index (κ3) is 3.39. The number of carbonyl (C=O) groups is 2. The Morgan fingerprint density at radius 1 is 1.14 bits per heavy atom. The number of carboxylic acid groups (broad SMARTS) is 1. The number of hydrogen-bond donors (Lipinski definition) is 1. The fourth-order valence-electron chi connectivity index (χ4n) is 3.65. The number of carbonyl (C=O) groups excluding carboxylic acids is 1. The van der Waals surface area contributed by atoms with Crippen LogP contribution in [0.25, 0.3) is 0 Å². The second-order valence-electron chi connectivity index (χ2n) is 6.49. The van der Waals surface area contributed by atoms with Gasteiger partial charge in [-0.05, 0) is 45.2 Å². The van der Waals surface area contributed by atoms with E-state index >= 15 is 0 Å². The lowest BCUT2D eigenvalue weighted by Crippen LogP contribution is -2.40. The standard InChI is InChI=1S/C16H28N2O3/c1-3-16(4-2,15(20)21)11-14(19)18-10-7-13(12-18)17-8-5-6-9-17/h13H,3-12H2,1-2H3,(H,20,21). The van der Waals surface area contributed by atoms with Crippen LogP contribution in [0.1, 0.15) is 52.4 Å². The van der Waals surface area contributed by atoms with E-state index in [1.165, 1.54) is 12.8 Å². The molecule has 1 atom stereocenters. The van der Waals surface area contributed by atoms with Crippen molar-refractivity contribution in [3.63, 3.8) is 0 Å². The zero-order valence-electron chi connectivity index (χ0n) is 13.3. The maximum Gasteiger partial charge on any atom is 0.310 e. The zero-order chi connectivity index (χ0) is 15.5. The van der Waals surface area contributed by atoms with Crippen molar-refractivity contribution < 1.29 is 14.7 Å². The van der Waals surface area contributed by atoms with Crippen molar-refractivity contribution in [1.82, 2.24) is 9.80 Å². The highest BCUT2D eigenvalue weighted by atomic mass is 16.4. The van der Waals surface area contributed by atoms with Crippen LogP contribution in [0.4, 0.5) is 0 Å². The topological polar surface area (TPSA) is 60.9 Å². The molecule has 2 heterocycles. The van der Waals surface area contributed by atoms with Gasteiger partial charge in [0.2, 0.25) is 5.91 Å². The van der Waals surface area contributed by atoms with Crippen molar-refractivity contribution in [2.24, 2.45) is 5.41 Å². The van der Waals surface area contributed by atoms with Crippen LogP contribution in [0.5, 0.6) is 0 Å². The Labute approximate surface area is 127 Å². The molecule has 0 saturated carbocycles. The summed E-state index contributed by atoms with van der Waals surface area (Å²) in [4.78, 5) is 28.4. The molecule has 0 aromatic carbocycles. The van der Waals surface area contributed by atoms with Gasteiger partial charge < -0.3 is 10.0 Å². The summed E-state index contributed by atoms with van der Waals surface area (Å²) in [5.74, 6) is -0.820. The van der Waals surface area contributed by atoms with Gasteiger partial charge in [-0.2, -0.15) is 0 Å². The van der Waals surface area contributed by atoms with Gasteiger partial charge in [0, 0.05) is 25.6 Å². The summed E-state index contributed by atoms with van der Waals surface area (Å²) in [6, 6.07) is 0.485. The monoisotopic (exact) mass is 296 g/mol. The van der Waals surface area contributed by atoms with Crippen LogP contribution in [0, 0.1) is 5.41 Å². The molecule has 1 N–H and O–H groups in total. The van der Waals surface area contributed by atoms with E-state index in [1.807, 2.05) is 18.7 Å². The predicted octanol–water partition coefficient (Wildman–Crippen LogP) is 1.96. The van der Waals surface area contributed by atoms with Gasteiger partial charge >= 0.3 is 5.97 Å². The summed E-state index contributed by atoms with van der Waals surface area (Å²) in [6.45, 7) is 7.58. The van der Waals surface area contributed by atoms with Gasteiger partial charge in [-0.1, -0.05) is 13.8 Å². The molecule has 2 fully saturated rings. The smallest absolute Gasteiger partial charge is 0.310 e. The minimum atomic E-state index is -0.886. The van der Waals surface area contributed by atoms with Crippen LogP contribution in [-0.2, 0) is 9.59 Å². The van der Waals surface area contributed by atoms with Crippen molar-refractivity contribution in [2.75, 3.05) is 26.2 Å². The van der Waals surface area contributed by atoms with Crippen LogP contribution >= 0.6 is 0 Å². The molecule has 0 aromatic rings. The summed E-state index contributed by atoms with van der Waals surface area (Å²) in [5.41, 5.74) is -0.886. The Morgan fingerprint density at radius 3 is 2.29 bits per heavy atom. The van der Waals surface area contributed by atoms with E-state index in [4.69, 9.17) is 0 Å². The quantitative estimate of drug-likeness (QED) is 0.814. The Kier molecular flexibility index (Phi) is 5.25. The Morgan fingerprint density at radius 2 is 1.76 bits per heavy atom. The largest absolute Gasteiger partial charge is 0.481 e. The molecule has 1 unspecified atom stereocenters. The molecular formula is C16H28N2O3. The third-order valence-corrected chi connectivity index (χ3v) is 5.47. The van der Waals surface area contributed by atoms with Gasteiger partial charge in [-0.3, -0.25) is 14.5 Å². The molecule has 0 spiro atoms. The van der Waals surface area contributed by atoms with Crippen molar-refractivity contribution in [1.29, 1.82) is 0 Å². The molecule has 2 saturated heterocycles. The van der Waals surface area contributed by atoms with Gasteiger partial charge in [-0.25, -0.2) is 0 Å². The van der Waals surface area contributed by atoms with Crippen molar-refractivity contribution in [2.45, 2.75) is 58.4 Å². The lowest BCUT2D eigenvalue weighted by atomic mass is 9.79. The molecule has 0 radical (unpaired) electrons. The maximum atomic E-state index is 12.5. The molecule has 2 rings (SSSR count). The van der Waals surface area contributed by atoms with Crippen LogP contribution in [-0.4, -0.2) is 59.0 Å². The minimum Gasteiger partial charge on any atom is -0.481 e. The summed E-state index contributed by atoms with van der Waals surface area (Å²) >= 11 is 0. The predicted molar refractivity (Wildman–Crippen MR) is 81.1 cm³/mol. The first kappa shape index (κ1) is 16.3. The SMILES string of the molecule is CCC(CC)(CC(=O)N1CCC(N2CCCC2)C1)C(=O)O. The average Bonchev–Trinajstić information content (AvgIpc) is 3.13. The highest BCUT2D eigenvalue weighted by Crippen LogP contribution is 2.32. The van der Waals surface area contributed by atoms with E-state index in [-0.39, 0.29) is 12.3 Å². The Hall–Kier alpha value is -1.10. The van der Waals surface area contributed by atoms with Gasteiger partial charge in [0.05, 0.1) is 5.41 Å². The minimum absolute atomic E-state index is 0.0165. The first-order chi connectivity index (χ1) is 10.0. The van der Waals surface area contributed by atoms with Crippen molar-refractivity contribution >= 4 is 11.9 Å². The highest BCUT2D eigenvalue weighted by molar-refractivity contribution is 5.85. The second-order valence-corrected chi connectivity index (χ2v) is 6.49. The molecular weight excluding hydrogens is 268 g/mol. The number of amides is 1. The average molecular weight is 296 g/mol. The maximum absolute atomic E-state index is 12.5. The van der Waals surface area contributed by atoms with E-state index < -0.39 is 11.4 Å². The first-order valence-corrected chi connectivity index (χ1v) is 8.27. The van der Waals surface area contributed by atoms with E-state index in [9.17, 15) is 14.7 Å². The number of nitrogens with zero attached hydrogens (tertiary/aromatic N) is 2. The van der Waals surface area contributed by atoms with Crippen LogP contribution in [0.15, 0.2) is 0 Å². The molecule has 5 nitrogen and oxygen atoms in total. The van der Waals surface area contributed by atoms with E-state index in [0.717, 1.165) is 32.6 Å². The fourth-order valence-corrected chi connectivity index (χ4v) is 3.65. The number of rotatable bonds is 6. The summed E-state index contributed by atoms with van der Waals surface area (Å²) in [5, 5.41) is 9.46.